The molecule has 0 amide bonds. The van der Waals surface area contributed by atoms with E-state index in [1.54, 1.807) is 0 Å². The zero-order valence-corrected chi connectivity index (χ0v) is 10.6. The summed E-state index contributed by atoms with van der Waals surface area (Å²) in [6.07, 6.45) is 2.73. The van der Waals surface area contributed by atoms with Crippen molar-refractivity contribution in [3.63, 3.8) is 0 Å². The van der Waals surface area contributed by atoms with Crippen LogP contribution in [-0.2, 0) is 17.9 Å². The average molecular weight is 234 g/mol. The van der Waals surface area contributed by atoms with Crippen molar-refractivity contribution >= 4 is 0 Å². The first-order chi connectivity index (χ1) is 8.28. The summed E-state index contributed by atoms with van der Waals surface area (Å²) in [6, 6.07) is 8.37. The number of hydrogen-bond donors (Lipinski definition) is 1. The van der Waals surface area contributed by atoms with E-state index in [0.29, 0.717) is 12.6 Å². The lowest BCUT2D eigenvalue weighted by Crippen LogP contribution is -2.34. The minimum absolute atomic E-state index is 0.431. The molecule has 0 saturated carbocycles. The van der Waals surface area contributed by atoms with Crippen molar-refractivity contribution in [3.8, 4) is 0 Å². The van der Waals surface area contributed by atoms with Gasteiger partial charge in [0.1, 0.15) is 0 Å². The molecule has 1 saturated heterocycles. The fraction of sp³-hybridized carbons (Fsp3) is 0.571. The number of rotatable bonds is 4. The van der Waals surface area contributed by atoms with Crippen molar-refractivity contribution in [1.82, 2.24) is 4.90 Å². The molecule has 0 unspecified atom stereocenters. The van der Waals surface area contributed by atoms with E-state index >= 15 is 0 Å². The van der Waals surface area contributed by atoms with Gasteiger partial charge in [-0.25, -0.2) is 0 Å². The predicted molar refractivity (Wildman–Crippen MR) is 69.6 cm³/mol. The molecule has 0 radical (unpaired) electrons. The van der Waals surface area contributed by atoms with Gasteiger partial charge in [-0.1, -0.05) is 24.3 Å². The highest BCUT2D eigenvalue weighted by Crippen LogP contribution is 2.14. The zero-order valence-electron chi connectivity index (χ0n) is 10.6. The third-order valence-electron chi connectivity index (χ3n) is 3.41. The van der Waals surface area contributed by atoms with Gasteiger partial charge < -0.3 is 15.4 Å². The van der Waals surface area contributed by atoms with Crippen molar-refractivity contribution in [1.29, 1.82) is 0 Å². The highest BCUT2D eigenvalue weighted by Gasteiger charge is 2.16. The van der Waals surface area contributed by atoms with Gasteiger partial charge >= 0.3 is 0 Å². The van der Waals surface area contributed by atoms with Gasteiger partial charge in [0, 0.05) is 19.6 Å². The SMILES string of the molecule is CN1CCC(OCc2ccc(CN)cc2)CC1. The maximum Gasteiger partial charge on any atom is 0.0720 e. The minimum atomic E-state index is 0.431. The van der Waals surface area contributed by atoms with Crippen LogP contribution in [0, 0.1) is 0 Å². The second kappa shape index (κ2) is 6.15. The fourth-order valence-electron chi connectivity index (χ4n) is 2.14. The predicted octanol–water partition coefficient (Wildman–Crippen LogP) is 1.76. The summed E-state index contributed by atoms with van der Waals surface area (Å²) in [5.41, 5.74) is 7.98. The van der Waals surface area contributed by atoms with Crippen LogP contribution < -0.4 is 5.73 Å². The van der Waals surface area contributed by atoms with Gasteiger partial charge in [-0.2, -0.15) is 0 Å². The van der Waals surface area contributed by atoms with Crippen LogP contribution in [0.4, 0.5) is 0 Å². The van der Waals surface area contributed by atoms with Crippen molar-refractivity contribution in [2.45, 2.75) is 32.1 Å². The third kappa shape index (κ3) is 3.80. The minimum Gasteiger partial charge on any atom is -0.373 e. The average Bonchev–Trinajstić information content (AvgIpc) is 2.39. The Labute approximate surface area is 104 Å². The van der Waals surface area contributed by atoms with Gasteiger partial charge in [-0.05, 0) is 31.0 Å². The molecule has 1 aliphatic rings. The Morgan fingerprint density at radius 2 is 1.76 bits per heavy atom. The van der Waals surface area contributed by atoms with Crippen LogP contribution in [0.1, 0.15) is 24.0 Å². The molecule has 17 heavy (non-hydrogen) atoms. The summed E-state index contributed by atoms with van der Waals surface area (Å²) in [5, 5.41) is 0. The van der Waals surface area contributed by atoms with E-state index in [-0.39, 0.29) is 0 Å². The maximum atomic E-state index is 5.93. The molecule has 0 aliphatic carbocycles. The largest absolute Gasteiger partial charge is 0.373 e. The lowest BCUT2D eigenvalue weighted by atomic mass is 10.1. The van der Waals surface area contributed by atoms with Gasteiger partial charge in [0.05, 0.1) is 12.7 Å². The van der Waals surface area contributed by atoms with Crippen molar-refractivity contribution in [2.24, 2.45) is 5.73 Å². The molecule has 0 bridgehead atoms. The van der Waals surface area contributed by atoms with Gasteiger partial charge in [0.25, 0.3) is 0 Å². The molecule has 0 aromatic heterocycles. The normalized spacial score (nSPS) is 18.5. The number of nitrogens with two attached hydrogens (primary N) is 1. The Kier molecular flexibility index (Phi) is 4.54. The number of ether oxygens (including phenoxy) is 1. The zero-order chi connectivity index (χ0) is 12.1. The lowest BCUT2D eigenvalue weighted by Gasteiger charge is -2.28. The maximum absolute atomic E-state index is 5.93. The first kappa shape index (κ1) is 12.6. The third-order valence-corrected chi connectivity index (χ3v) is 3.41. The molecule has 3 nitrogen and oxygen atoms in total. The van der Waals surface area contributed by atoms with Crippen LogP contribution >= 0.6 is 0 Å². The molecule has 1 aliphatic heterocycles. The summed E-state index contributed by atoms with van der Waals surface area (Å²) in [5.74, 6) is 0. The molecular weight excluding hydrogens is 212 g/mol. The Morgan fingerprint density at radius 3 is 2.35 bits per heavy atom. The Morgan fingerprint density at radius 1 is 1.18 bits per heavy atom. The van der Waals surface area contributed by atoms with Crippen LogP contribution in [0.15, 0.2) is 24.3 Å². The molecular formula is C14H22N2O. The van der Waals surface area contributed by atoms with Crippen LogP contribution in [0.3, 0.4) is 0 Å². The Balaban J connectivity index is 1.77. The Hall–Kier alpha value is -0.900. The number of nitrogens with zero attached hydrogens (tertiary/aromatic N) is 1. The Bertz CT molecular complexity index is 329. The second-order valence-electron chi connectivity index (χ2n) is 4.83. The monoisotopic (exact) mass is 234 g/mol. The molecule has 3 heteroatoms. The van der Waals surface area contributed by atoms with Crippen molar-refractivity contribution < 1.29 is 4.74 Å². The van der Waals surface area contributed by atoms with E-state index in [9.17, 15) is 0 Å². The smallest absolute Gasteiger partial charge is 0.0720 e. The van der Waals surface area contributed by atoms with E-state index in [0.717, 1.165) is 32.5 Å². The number of likely N-dealkylation sites (tertiary alicyclic amines) is 1. The standard InChI is InChI=1S/C14H22N2O/c1-16-8-6-14(7-9-16)17-11-13-4-2-12(10-15)3-5-13/h2-5,14H,6-11,15H2,1H3. The first-order valence-corrected chi connectivity index (χ1v) is 6.36. The lowest BCUT2D eigenvalue weighted by molar-refractivity contribution is 0.00213. The van der Waals surface area contributed by atoms with Crippen molar-refractivity contribution in [2.75, 3.05) is 20.1 Å². The van der Waals surface area contributed by atoms with Crippen LogP contribution in [0.2, 0.25) is 0 Å². The molecule has 94 valence electrons. The fourth-order valence-corrected chi connectivity index (χ4v) is 2.14. The van der Waals surface area contributed by atoms with Gasteiger partial charge in [0.2, 0.25) is 0 Å². The molecule has 1 fully saturated rings. The van der Waals surface area contributed by atoms with E-state index in [1.807, 2.05) is 0 Å². The summed E-state index contributed by atoms with van der Waals surface area (Å²) in [7, 11) is 2.17. The quantitative estimate of drug-likeness (QED) is 0.862. The van der Waals surface area contributed by atoms with E-state index in [1.165, 1.54) is 11.1 Å². The summed E-state index contributed by atoms with van der Waals surface area (Å²) >= 11 is 0. The molecule has 1 heterocycles. The van der Waals surface area contributed by atoms with Crippen LogP contribution in [0.5, 0.6) is 0 Å². The highest BCUT2D eigenvalue weighted by molar-refractivity contribution is 5.21. The molecule has 0 spiro atoms. The van der Waals surface area contributed by atoms with Gasteiger partial charge in [0.15, 0.2) is 0 Å². The molecule has 2 N–H and O–H groups in total. The van der Waals surface area contributed by atoms with Crippen LogP contribution in [-0.4, -0.2) is 31.1 Å². The summed E-state index contributed by atoms with van der Waals surface area (Å²) in [4.78, 5) is 2.36. The number of benzene rings is 1. The number of piperidine rings is 1. The van der Waals surface area contributed by atoms with E-state index in [2.05, 4.69) is 36.2 Å². The molecule has 0 atom stereocenters. The first-order valence-electron chi connectivity index (χ1n) is 6.36. The highest BCUT2D eigenvalue weighted by atomic mass is 16.5. The van der Waals surface area contributed by atoms with Crippen molar-refractivity contribution in [3.05, 3.63) is 35.4 Å². The second-order valence-corrected chi connectivity index (χ2v) is 4.83. The van der Waals surface area contributed by atoms with E-state index in [4.69, 9.17) is 10.5 Å². The van der Waals surface area contributed by atoms with Crippen LogP contribution in [0.25, 0.3) is 0 Å². The molecule has 1 aromatic rings. The topological polar surface area (TPSA) is 38.5 Å². The molecule has 2 rings (SSSR count). The number of hydrogen-bond acceptors (Lipinski definition) is 3. The van der Waals surface area contributed by atoms with Gasteiger partial charge in [-0.3, -0.25) is 0 Å². The van der Waals surface area contributed by atoms with E-state index < -0.39 is 0 Å². The summed E-state index contributed by atoms with van der Waals surface area (Å²) < 4.78 is 5.93. The molecule has 1 aromatic carbocycles. The van der Waals surface area contributed by atoms with Gasteiger partial charge in [-0.15, -0.1) is 0 Å². The summed E-state index contributed by atoms with van der Waals surface area (Å²) in [6.45, 7) is 3.63.